The number of rotatable bonds is 13. The molecule has 3 aromatic rings. The van der Waals surface area contributed by atoms with Crippen molar-refractivity contribution in [3.8, 4) is 6.07 Å². The van der Waals surface area contributed by atoms with Crippen molar-refractivity contribution in [3.05, 3.63) is 70.3 Å². The summed E-state index contributed by atoms with van der Waals surface area (Å²) in [7, 11) is 3.82. The molecule has 1 fully saturated rings. The first-order chi connectivity index (χ1) is 33.6. The van der Waals surface area contributed by atoms with E-state index in [9.17, 15) is 42.4 Å². The zero-order valence-electron chi connectivity index (χ0n) is 43.0. The predicted molar refractivity (Wildman–Crippen MR) is 269 cm³/mol. The number of nitriles is 1. The number of carbonyl (C=O) groups excluding carboxylic acids is 7. The van der Waals surface area contributed by atoms with E-state index in [4.69, 9.17) is 4.74 Å². The van der Waals surface area contributed by atoms with E-state index in [-0.39, 0.29) is 55.9 Å². The number of halogens is 4. The maximum absolute atomic E-state index is 15.1. The minimum atomic E-state index is -5.02. The van der Waals surface area contributed by atoms with Crippen LogP contribution in [0, 0.1) is 29.1 Å². The Labute approximate surface area is 428 Å². The Hall–Kier alpha value is -5.97. The van der Waals surface area contributed by atoms with E-state index < -0.39 is 103 Å². The van der Waals surface area contributed by atoms with Crippen LogP contribution in [0.5, 0.6) is 0 Å². The van der Waals surface area contributed by atoms with Crippen LogP contribution in [0.1, 0.15) is 111 Å². The number of fused-ring (bicyclic) bond motifs is 1. The van der Waals surface area contributed by atoms with Crippen molar-refractivity contribution in [2.24, 2.45) is 17.8 Å². The summed E-state index contributed by atoms with van der Waals surface area (Å²) in [5.41, 5.74) is 2.53. The number of ether oxygens (including phenoxy) is 1. The van der Waals surface area contributed by atoms with Crippen LogP contribution in [0.3, 0.4) is 0 Å². The molecule has 1 aliphatic heterocycles. The summed E-state index contributed by atoms with van der Waals surface area (Å²) in [5, 5.41) is 17.9. The van der Waals surface area contributed by atoms with Gasteiger partial charge in [0.2, 0.25) is 29.5 Å². The van der Waals surface area contributed by atoms with Crippen LogP contribution in [0.4, 0.5) is 13.2 Å². The second-order valence-electron chi connectivity index (χ2n) is 20.1. The third kappa shape index (κ3) is 15.5. The van der Waals surface area contributed by atoms with Gasteiger partial charge in [0.25, 0.3) is 5.91 Å². The first-order valence-corrected chi connectivity index (χ1v) is 25.1. The van der Waals surface area contributed by atoms with Gasteiger partial charge in [-0.25, -0.2) is 4.79 Å². The Kier molecular flexibility index (Phi) is 20.8. The number of carbonyl (C=O) groups is 7. The highest BCUT2D eigenvalue weighted by Crippen LogP contribution is 2.31. The molecule has 3 N–H and O–H groups in total. The van der Waals surface area contributed by atoms with Gasteiger partial charge in [0.05, 0.1) is 18.5 Å². The molecule has 8 atom stereocenters. The SMILES string of the molecule is CC(C)C[C@@H]1NC(=O)[C@H](Cc2cn(C(C)c3ccc(Br)cc3)c3ccccc23)N(C)C(=O)[C@H](CC(C)C)NC(=O)[C@H](CC(C)C)N(C)C(=O)[C@H](CC(F)(F)F)NC(=O)[C@@H](CCC#N)OC(=O)[C@H](C)N(C)C1=O. The summed E-state index contributed by atoms with van der Waals surface area (Å²) in [4.78, 5) is 104. The Bertz CT molecular complexity index is 2460. The molecule has 0 bridgehead atoms. The van der Waals surface area contributed by atoms with Gasteiger partial charge in [-0.05, 0) is 80.2 Å². The molecule has 1 aromatic heterocycles. The lowest BCUT2D eigenvalue weighted by atomic mass is 9.97. The minimum absolute atomic E-state index is 0.0430. The Morgan fingerprint density at radius 2 is 1.19 bits per heavy atom. The molecule has 0 aliphatic carbocycles. The standard InChI is InChI=1S/C52H70BrF3N8O8/c1-29(2)23-38-48(68)61(9)33(8)51(71)72-44(17-14-22-57)47(67)60-40(27-52(54,55)56)50(70)62(10)42(25-31(5)6)45(65)59-39(24-30(3)4)49(69)63(11)43(46(66)58-38)26-35-28-64(41-16-13-12-15-37(35)41)32(7)34-18-20-36(53)21-19-34/h12-13,15-16,18-21,28-33,38-40,42-44H,14,17,23-27H2,1-11H3,(H,58,66)(H,59,65)(H,60,67)/t32?,33-,38-,39-,40-,42-,43-,44+/m0/s1. The number of hydrogen-bond donors (Lipinski definition) is 3. The van der Waals surface area contributed by atoms with Crippen LogP contribution in [-0.2, 0) is 44.7 Å². The second kappa shape index (κ2) is 25.6. The van der Waals surface area contributed by atoms with E-state index in [2.05, 4.69) is 36.4 Å². The summed E-state index contributed by atoms with van der Waals surface area (Å²) < 4.78 is 51.2. The molecule has 0 radical (unpaired) electrons. The largest absolute Gasteiger partial charge is 0.451 e. The maximum atomic E-state index is 15.1. The van der Waals surface area contributed by atoms with Gasteiger partial charge in [0, 0.05) is 62.0 Å². The van der Waals surface area contributed by atoms with E-state index in [1.165, 1.54) is 25.9 Å². The summed E-state index contributed by atoms with van der Waals surface area (Å²) in [6.07, 6.45) is -7.75. The molecule has 72 heavy (non-hydrogen) atoms. The highest BCUT2D eigenvalue weighted by atomic mass is 79.9. The molecule has 2 aromatic carbocycles. The lowest BCUT2D eigenvalue weighted by Gasteiger charge is -2.35. The van der Waals surface area contributed by atoms with Crippen molar-refractivity contribution in [1.82, 2.24) is 35.2 Å². The van der Waals surface area contributed by atoms with Crippen molar-refractivity contribution < 1.29 is 51.5 Å². The number of nitrogens with zero attached hydrogens (tertiary/aromatic N) is 5. The van der Waals surface area contributed by atoms with Gasteiger partial charge in [0.15, 0.2) is 6.10 Å². The quantitative estimate of drug-likeness (QED) is 0.153. The molecule has 1 saturated heterocycles. The van der Waals surface area contributed by atoms with Crippen LogP contribution < -0.4 is 16.0 Å². The molecule has 2 heterocycles. The van der Waals surface area contributed by atoms with Crippen LogP contribution in [0.2, 0.25) is 0 Å². The molecule has 16 nitrogen and oxygen atoms in total. The average Bonchev–Trinajstić information content (AvgIpc) is 3.68. The highest BCUT2D eigenvalue weighted by molar-refractivity contribution is 9.10. The van der Waals surface area contributed by atoms with Crippen LogP contribution in [0.25, 0.3) is 10.9 Å². The fourth-order valence-electron chi connectivity index (χ4n) is 8.85. The van der Waals surface area contributed by atoms with E-state index in [1.54, 1.807) is 19.9 Å². The van der Waals surface area contributed by atoms with Gasteiger partial charge in [-0.2, -0.15) is 18.4 Å². The molecule has 1 aliphatic rings. The molecule has 1 unspecified atom stereocenters. The van der Waals surface area contributed by atoms with E-state index in [0.717, 1.165) is 37.8 Å². The number of esters is 1. The Balaban J connectivity index is 1.95. The third-order valence-corrected chi connectivity index (χ3v) is 13.5. The van der Waals surface area contributed by atoms with Gasteiger partial charge in [-0.15, -0.1) is 0 Å². The lowest BCUT2D eigenvalue weighted by molar-refractivity contribution is -0.166. The summed E-state index contributed by atoms with van der Waals surface area (Å²) in [5.74, 6) is -7.57. The number of nitrogens with one attached hydrogen (secondary N) is 3. The van der Waals surface area contributed by atoms with Crippen LogP contribution >= 0.6 is 15.9 Å². The number of cyclic esters (lactones) is 1. The molecule has 4 rings (SSSR count). The summed E-state index contributed by atoms with van der Waals surface area (Å²) in [6.45, 7) is 14.1. The van der Waals surface area contributed by atoms with Gasteiger partial charge < -0.3 is 40.0 Å². The van der Waals surface area contributed by atoms with Gasteiger partial charge in [-0.3, -0.25) is 28.8 Å². The number of alkyl halides is 3. The molecule has 6 amide bonds. The average molecular weight is 1070 g/mol. The predicted octanol–water partition coefficient (Wildman–Crippen LogP) is 6.83. The van der Waals surface area contributed by atoms with Gasteiger partial charge in [-0.1, -0.05) is 87.8 Å². The molecule has 0 spiro atoms. The van der Waals surface area contributed by atoms with Crippen LogP contribution in [-0.4, -0.2) is 130 Å². The summed E-state index contributed by atoms with van der Waals surface area (Å²) in [6, 6.07) is 7.96. The Morgan fingerprint density at radius 3 is 1.74 bits per heavy atom. The lowest BCUT2D eigenvalue weighted by Crippen LogP contribution is -2.60. The normalized spacial score (nSPS) is 23.5. The van der Waals surface area contributed by atoms with E-state index >= 15 is 9.59 Å². The van der Waals surface area contributed by atoms with E-state index in [0.29, 0.717) is 5.56 Å². The number of para-hydroxylation sites is 1. The zero-order valence-corrected chi connectivity index (χ0v) is 44.6. The highest BCUT2D eigenvalue weighted by Gasteiger charge is 2.43. The topological polar surface area (TPSA) is 203 Å². The van der Waals surface area contributed by atoms with Crippen LogP contribution in [0.15, 0.2) is 59.2 Å². The van der Waals surface area contributed by atoms with E-state index in [1.807, 2.05) is 89.3 Å². The second-order valence-corrected chi connectivity index (χ2v) is 21.0. The van der Waals surface area contributed by atoms with Crippen molar-refractivity contribution in [2.45, 2.75) is 155 Å². The van der Waals surface area contributed by atoms with Crippen molar-refractivity contribution in [1.29, 1.82) is 5.26 Å². The first kappa shape index (κ1) is 58.6. The molecule has 20 heteroatoms. The first-order valence-electron chi connectivity index (χ1n) is 24.3. The molecular weight excluding hydrogens is 1000 g/mol. The van der Waals surface area contributed by atoms with Crippen molar-refractivity contribution in [3.63, 3.8) is 0 Å². The molecular formula is C52H70BrF3N8O8. The number of aromatic nitrogens is 1. The molecule has 0 saturated carbocycles. The fraction of sp³-hybridized carbons (Fsp3) is 0.577. The Morgan fingerprint density at radius 1 is 0.694 bits per heavy atom. The molecule has 394 valence electrons. The zero-order chi connectivity index (χ0) is 53.9. The minimum Gasteiger partial charge on any atom is -0.451 e. The smallest absolute Gasteiger partial charge is 0.391 e. The van der Waals surface area contributed by atoms with Gasteiger partial charge >= 0.3 is 12.1 Å². The van der Waals surface area contributed by atoms with Crippen molar-refractivity contribution in [2.75, 3.05) is 21.1 Å². The number of amides is 6. The summed E-state index contributed by atoms with van der Waals surface area (Å²) >= 11 is 3.50. The van der Waals surface area contributed by atoms with Gasteiger partial charge in [0.1, 0.15) is 36.3 Å². The number of likely N-dealkylation sites (N-methyl/N-ethyl adjacent to an activating group) is 3. The third-order valence-electron chi connectivity index (χ3n) is 13.0. The number of hydrogen-bond acceptors (Lipinski definition) is 9. The van der Waals surface area contributed by atoms with Crippen molar-refractivity contribution >= 4 is 68.2 Å². The monoisotopic (exact) mass is 1070 g/mol. The fourth-order valence-corrected chi connectivity index (χ4v) is 9.12. The maximum Gasteiger partial charge on any atom is 0.391 e. The number of benzene rings is 2.